The fraction of sp³-hybridized carbons (Fsp3) is 0.882. The van der Waals surface area contributed by atoms with Crippen LogP contribution in [0.15, 0.2) is 23.8 Å². The lowest BCUT2D eigenvalue weighted by atomic mass is 9.46. The van der Waals surface area contributed by atoms with E-state index >= 15 is 0 Å². The third-order valence-corrected chi connectivity index (χ3v) is 13.1. The molecule has 2 heterocycles. The summed E-state index contributed by atoms with van der Waals surface area (Å²) in [5.41, 5.74) is 1.49. The van der Waals surface area contributed by atoms with Crippen LogP contribution in [0.3, 0.4) is 0 Å². The van der Waals surface area contributed by atoms with Crippen molar-refractivity contribution < 1.29 is 35.0 Å². The topological polar surface area (TPSA) is 123 Å². The number of rotatable bonds is 5. The molecule has 42 heavy (non-hydrogen) atoms. The van der Waals surface area contributed by atoms with Crippen LogP contribution in [0.1, 0.15) is 85.0 Å². The second-order valence-corrected chi connectivity index (χ2v) is 15.3. The molecule has 4 fully saturated rings. The van der Waals surface area contributed by atoms with Crippen molar-refractivity contribution in [2.45, 2.75) is 128 Å². The van der Waals surface area contributed by atoms with Gasteiger partial charge in [0, 0.05) is 18.9 Å². The number of aliphatic hydroxyl groups is 5. The number of hydrogen-bond donors (Lipinski definition) is 5. The summed E-state index contributed by atoms with van der Waals surface area (Å²) in [4.78, 5) is 2.64. The average Bonchev–Trinajstić information content (AvgIpc) is 3.17. The molecular weight excluding hydrogens is 534 g/mol. The summed E-state index contributed by atoms with van der Waals surface area (Å²) >= 11 is 0. The monoisotopic (exact) mass is 589 g/mol. The first-order valence-corrected chi connectivity index (χ1v) is 16.7. The Bertz CT molecular complexity index is 1050. The van der Waals surface area contributed by atoms with Gasteiger partial charge >= 0.3 is 0 Å². The smallest absolute Gasteiger partial charge is 0.189 e. The van der Waals surface area contributed by atoms with Gasteiger partial charge in [-0.1, -0.05) is 57.4 Å². The van der Waals surface area contributed by atoms with Gasteiger partial charge in [0.05, 0.1) is 6.61 Å². The van der Waals surface area contributed by atoms with Crippen LogP contribution in [-0.4, -0.2) is 93.2 Å². The predicted octanol–water partition coefficient (Wildman–Crippen LogP) is 3.36. The van der Waals surface area contributed by atoms with Crippen LogP contribution in [0.25, 0.3) is 0 Å². The lowest BCUT2D eigenvalue weighted by molar-refractivity contribution is -0.366. The van der Waals surface area contributed by atoms with Crippen LogP contribution >= 0.6 is 0 Å². The van der Waals surface area contributed by atoms with Crippen LogP contribution in [-0.2, 0) is 9.47 Å². The van der Waals surface area contributed by atoms with Crippen LogP contribution < -0.4 is 0 Å². The van der Waals surface area contributed by atoms with Crippen LogP contribution in [0.2, 0.25) is 0 Å². The molecule has 0 radical (unpaired) electrons. The summed E-state index contributed by atoms with van der Waals surface area (Å²) in [7, 11) is 2.34. The van der Waals surface area contributed by atoms with Crippen LogP contribution in [0.5, 0.6) is 0 Å². The molecule has 14 atom stereocenters. The van der Waals surface area contributed by atoms with Gasteiger partial charge in [-0.2, -0.15) is 0 Å². The number of fused-ring (bicyclic) bond motifs is 5. The summed E-state index contributed by atoms with van der Waals surface area (Å²) in [6, 6.07) is 0.658. The van der Waals surface area contributed by atoms with E-state index in [1.54, 1.807) is 0 Å². The summed E-state index contributed by atoms with van der Waals surface area (Å²) in [6.07, 6.45) is 10.9. The van der Waals surface area contributed by atoms with Gasteiger partial charge in [-0.25, -0.2) is 0 Å². The maximum atomic E-state index is 11.6. The SMILES string of the molecule is CC(C1CCCCCN1C)C1C=CC2C3CC=C4CC(O)(OC5OC(CO)C(O)C(O)C5O)CCC4(C)C3CCC12C. The van der Waals surface area contributed by atoms with Crippen molar-refractivity contribution in [1.29, 1.82) is 0 Å². The minimum atomic E-state index is -1.55. The van der Waals surface area contributed by atoms with Crippen molar-refractivity contribution in [2.24, 2.45) is 40.4 Å². The molecule has 0 spiro atoms. The first-order chi connectivity index (χ1) is 19.9. The Balaban J connectivity index is 1.17. The predicted molar refractivity (Wildman–Crippen MR) is 159 cm³/mol. The number of allylic oxidation sites excluding steroid dienone is 3. The molecule has 14 unspecified atom stereocenters. The van der Waals surface area contributed by atoms with Gasteiger partial charge in [0.1, 0.15) is 24.4 Å². The van der Waals surface area contributed by atoms with Crippen molar-refractivity contribution in [3.05, 3.63) is 23.8 Å². The highest BCUT2D eigenvalue weighted by Crippen LogP contribution is 2.66. The van der Waals surface area contributed by atoms with Gasteiger partial charge in [0.15, 0.2) is 12.1 Å². The zero-order valence-corrected chi connectivity index (χ0v) is 26.1. The van der Waals surface area contributed by atoms with Crippen LogP contribution in [0, 0.1) is 40.4 Å². The molecule has 2 saturated heterocycles. The lowest BCUT2D eigenvalue weighted by Gasteiger charge is -2.59. The Morgan fingerprint density at radius 2 is 1.81 bits per heavy atom. The van der Waals surface area contributed by atoms with Gasteiger partial charge < -0.3 is 39.9 Å². The van der Waals surface area contributed by atoms with E-state index in [0.717, 1.165) is 12.8 Å². The quantitative estimate of drug-likeness (QED) is 0.245. The fourth-order valence-corrected chi connectivity index (χ4v) is 10.5. The Hall–Kier alpha value is -0.840. The molecule has 4 aliphatic carbocycles. The molecular formula is C34H55NO7. The molecule has 0 bridgehead atoms. The molecule has 0 amide bonds. The van der Waals surface area contributed by atoms with Crippen molar-refractivity contribution in [2.75, 3.05) is 20.2 Å². The lowest BCUT2D eigenvalue weighted by Crippen LogP contribution is -2.61. The van der Waals surface area contributed by atoms with Crippen LogP contribution in [0.4, 0.5) is 0 Å². The maximum absolute atomic E-state index is 11.6. The Kier molecular flexibility index (Phi) is 8.54. The minimum Gasteiger partial charge on any atom is -0.394 e. The zero-order chi connectivity index (χ0) is 30.0. The van der Waals surface area contributed by atoms with E-state index in [1.165, 1.54) is 50.6 Å². The summed E-state index contributed by atoms with van der Waals surface area (Å²) < 4.78 is 11.5. The largest absolute Gasteiger partial charge is 0.394 e. The van der Waals surface area contributed by atoms with Gasteiger partial charge in [-0.3, -0.25) is 0 Å². The fourth-order valence-electron chi connectivity index (χ4n) is 10.5. The first-order valence-electron chi connectivity index (χ1n) is 16.7. The van der Waals surface area contributed by atoms with Gasteiger partial charge in [0.2, 0.25) is 0 Å². The normalized spacial score (nSPS) is 52.1. The molecule has 238 valence electrons. The van der Waals surface area contributed by atoms with E-state index in [1.807, 2.05) is 0 Å². The molecule has 0 aromatic carbocycles. The minimum absolute atomic E-state index is 0.0196. The highest BCUT2D eigenvalue weighted by atomic mass is 16.8. The van der Waals surface area contributed by atoms with Crippen molar-refractivity contribution in [3.8, 4) is 0 Å². The van der Waals surface area contributed by atoms with E-state index in [9.17, 15) is 25.5 Å². The van der Waals surface area contributed by atoms with Gasteiger partial charge in [-0.05, 0) is 92.5 Å². The van der Waals surface area contributed by atoms with Gasteiger partial charge in [0.25, 0.3) is 0 Å². The molecule has 5 N–H and O–H groups in total. The zero-order valence-electron chi connectivity index (χ0n) is 26.1. The molecule has 2 saturated carbocycles. The molecule has 0 aromatic rings. The van der Waals surface area contributed by atoms with Crippen molar-refractivity contribution in [3.63, 3.8) is 0 Å². The highest BCUT2D eigenvalue weighted by Gasteiger charge is 2.60. The van der Waals surface area contributed by atoms with E-state index in [2.05, 4.69) is 50.9 Å². The van der Waals surface area contributed by atoms with Crippen molar-refractivity contribution in [1.82, 2.24) is 4.90 Å². The maximum Gasteiger partial charge on any atom is 0.189 e. The second-order valence-electron chi connectivity index (χ2n) is 15.3. The summed E-state index contributed by atoms with van der Waals surface area (Å²) in [5.74, 6) is 1.41. The second kappa shape index (κ2) is 11.5. The summed E-state index contributed by atoms with van der Waals surface area (Å²) in [5, 5.41) is 52.0. The van der Waals surface area contributed by atoms with E-state index < -0.39 is 43.1 Å². The van der Waals surface area contributed by atoms with Gasteiger partial charge in [-0.15, -0.1) is 0 Å². The number of likely N-dealkylation sites (tertiary alicyclic amines) is 1. The van der Waals surface area contributed by atoms with E-state index in [4.69, 9.17) is 9.47 Å². The molecule has 6 aliphatic rings. The molecule has 0 aromatic heterocycles. The van der Waals surface area contributed by atoms with E-state index in [-0.39, 0.29) is 10.8 Å². The molecule has 8 nitrogen and oxygen atoms in total. The molecule has 6 rings (SSSR count). The third-order valence-electron chi connectivity index (χ3n) is 13.1. The third kappa shape index (κ3) is 5.06. The number of nitrogens with zero attached hydrogens (tertiary/aromatic N) is 1. The molecule has 2 aliphatic heterocycles. The average molecular weight is 590 g/mol. The highest BCUT2D eigenvalue weighted by molar-refractivity contribution is 5.29. The number of aliphatic hydroxyl groups excluding tert-OH is 4. The number of hydrogen-bond acceptors (Lipinski definition) is 8. The summed E-state index contributed by atoms with van der Waals surface area (Å²) in [6.45, 7) is 8.15. The Morgan fingerprint density at radius 3 is 2.57 bits per heavy atom. The Labute approximate surface area is 251 Å². The standard InChI is InChI=1S/C34H55NO7/c1-20(26-8-6-5-7-17-35(26)4)23-11-12-24-22-10-9-21-18-34(40,16-15-32(21,2)25(22)13-14-33(23,24)3)42-31-30(39)29(38)28(37)27(19-36)41-31/h9,11-12,20,22-31,36-40H,5-8,10,13-19H2,1-4H3. The first kappa shape index (κ1) is 31.2. The van der Waals surface area contributed by atoms with Crippen molar-refractivity contribution >= 4 is 0 Å². The Morgan fingerprint density at radius 1 is 1.02 bits per heavy atom. The van der Waals surface area contributed by atoms with E-state index in [0.29, 0.717) is 48.5 Å². The number of ether oxygens (including phenoxy) is 2. The molecule has 8 heteroatoms.